The number of nitrogens with two attached hydrogens (primary N) is 1. The topological polar surface area (TPSA) is 43.8 Å². The van der Waals surface area contributed by atoms with Crippen molar-refractivity contribution in [1.82, 2.24) is 9.78 Å². The molecule has 3 heteroatoms. The van der Waals surface area contributed by atoms with Crippen molar-refractivity contribution in [3.8, 4) is 0 Å². The highest BCUT2D eigenvalue weighted by Gasteiger charge is 1.97. The molecule has 0 aromatic carbocycles. The second-order valence-corrected chi connectivity index (χ2v) is 2.14. The van der Waals surface area contributed by atoms with Gasteiger partial charge in [0.15, 0.2) is 0 Å². The van der Waals surface area contributed by atoms with Gasteiger partial charge in [-0.25, -0.2) is 0 Å². The summed E-state index contributed by atoms with van der Waals surface area (Å²) in [5.41, 5.74) is 7.54. The van der Waals surface area contributed by atoms with E-state index in [0.717, 1.165) is 5.69 Å². The third kappa shape index (κ3) is 1.10. The van der Waals surface area contributed by atoms with E-state index in [1.54, 1.807) is 4.68 Å². The lowest BCUT2D eigenvalue weighted by Gasteiger charge is -1.86. The minimum Gasteiger partial charge on any atom is -0.325 e. The average Bonchev–Trinajstić information content (AvgIpc) is 2.10. The molecule has 1 aromatic rings. The lowest BCUT2D eigenvalue weighted by Crippen LogP contribution is -1.99. The van der Waals surface area contributed by atoms with Gasteiger partial charge in [-0.15, -0.1) is 0 Å². The van der Waals surface area contributed by atoms with Crippen molar-refractivity contribution >= 4 is 0 Å². The van der Waals surface area contributed by atoms with Gasteiger partial charge in [-0.1, -0.05) is 0 Å². The van der Waals surface area contributed by atoms with E-state index in [-0.39, 0.29) is 0 Å². The number of nitrogens with zero attached hydrogens (tertiary/aromatic N) is 2. The minimum atomic E-state index is 0.534. The van der Waals surface area contributed by atoms with Gasteiger partial charge < -0.3 is 5.73 Å². The molecule has 0 amide bonds. The highest BCUT2D eigenvalue weighted by Crippen LogP contribution is 2.01. The zero-order valence-electron chi connectivity index (χ0n) is 5.76. The Hall–Kier alpha value is -0.830. The van der Waals surface area contributed by atoms with Gasteiger partial charge in [0.05, 0.1) is 5.69 Å². The van der Waals surface area contributed by atoms with Crippen molar-refractivity contribution < 1.29 is 0 Å². The molecule has 0 aliphatic rings. The average molecular weight is 125 g/mol. The molecule has 0 aliphatic heterocycles. The highest BCUT2D eigenvalue weighted by atomic mass is 15.3. The van der Waals surface area contributed by atoms with Crippen LogP contribution in [0.25, 0.3) is 0 Å². The largest absolute Gasteiger partial charge is 0.325 e. The third-order valence-electron chi connectivity index (χ3n) is 1.31. The van der Waals surface area contributed by atoms with Crippen LogP contribution in [0.2, 0.25) is 0 Å². The predicted molar refractivity (Wildman–Crippen MR) is 35.8 cm³/mol. The Morgan fingerprint density at radius 3 is 2.67 bits per heavy atom. The van der Waals surface area contributed by atoms with Crippen LogP contribution in [0.1, 0.15) is 11.3 Å². The summed E-state index contributed by atoms with van der Waals surface area (Å²) in [6.07, 6.45) is 1.96. The molecule has 1 rings (SSSR count). The standard InChI is InChI=1S/C6H11N3/c1-5-4-9(2)8-6(5)3-7/h4H,3,7H2,1-2H3. The summed E-state index contributed by atoms with van der Waals surface area (Å²) in [6.45, 7) is 2.54. The van der Waals surface area contributed by atoms with E-state index in [0.29, 0.717) is 6.54 Å². The molecule has 1 heterocycles. The van der Waals surface area contributed by atoms with E-state index in [1.165, 1.54) is 5.56 Å². The Morgan fingerprint density at radius 2 is 2.44 bits per heavy atom. The number of hydrogen-bond donors (Lipinski definition) is 1. The van der Waals surface area contributed by atoms with Crippen LogP contribution in [0.15, 0.2) is 6.20 Å². The van der Waals surface area contributed by atoms with Gasteiger partial charge in [0, 0.05) is 19.8 Å². The summed E-state index contributed by atoms with van der Waals surface area (Å²) in [6, 6.07) is 0. The summed E-state index contributed by atoms with van der Waals surface area (Å²) in [4.78, 5) is 0. The fourth-order valence-corrected chi connectivity index (χ4v) is 0.855. The van der Waals surface area contributed by atoms with Crippen molar-refractivity contribution in [2.75, 3.05) is 0 Å². The van der Waals surface area contributed by atoms with E-state index in [9.17, 15) is 0 Å². The molecule has 50 valence electrons. The quantitative estimate of drug-likeness (QED) is 0.582. The van der Waals surface area contributed by atoms with Crippen molar-refractivity contribution in [2.45, 2.75) is 13.5 Å². The monoisotopic (exact) mass is 125 g/mol. The molecule has 0 fully saturated rings. The normalized spacial score (nSPS) is 10.1. The Labute approximate surface area is 54.5 Å². The molecule has 0 radical (unpaired) electrons. The van der Waals surface area contributed by atoms with Crippen LogP contribution in [-0.4, -0.2) is 9.78 Å². The predicted octanol–water partition coefficient (Wildman–Crippen LogP) is 0.187. The molecule has 0 aliphatic carbocycles. The first-order chi connectivity index (χ1) is 4.24. The second kappa shape index (κ2) is 2.19. The first-order valence-corrected chi connectivity index (χ1v) is 2.93. The van der Waals surface area contributed by atoms with Crippen LogP contribution >= 0.6 is 0 Å². The maximum atomic E-state index is 5.39. The number of hydrogen-bond acceptors (Lipinski definition) is 2. The third-order valence-corrected chi connectivity index (χ3v) is 1.31. The molecule has 2 N–H and O–H groups in total. The van der Waals surface area contributed by atoms with E-state index in [4.69, 9.17) is 5.73 Å². The van der Waals surface area contributed by atoms with Gasteiger partial charge in [-0.3, -0.25) is 4.68 Å². The number of aryl methyl sites for hydroxylation is 2. The summed E-state index contributed by atoms with van der Waals surface area (Å²) in [5, 5.41) is 4.12. The molecular formula is C6H11N3. The first-order valence-electron chi connectivity index (χ1n) is 2.93. The Kier molecular flexibility index (Phi) is 1.53. The van der Waals surface area contributed by atoms with E-state index < -0.39 is 0 Å². The maximum absolute atomic E-state index is 5.39. The van der Waals surface area contributed by atoms with Crippen LogP contribution in [-0.2, 0) is 13.6 Å². The zero-order chi connectivity index (χ0) is 6.85. The lowest BCUT2D eigenvalue weighted by atomic mass is 10.3. The summed E-state index contributed by atoms with van der Waals surface area (Å²) in [5.74, 6) is 0. The summed E-state index contributed by atoms with van der Waals surface area (Å²) < 4.78 is 1.78. The Morgan fingerprint density at radius 1 is 1.78 bits per heavy atom. The molecule has 3 nitrogen and oxygen atoms in total. The molecule has 0 spiro atoms. The Bertz CT molecular complexity index is 202. The van der Waals surface area contributed by atoms with E-state index in [2.05, 4.69) is 5.10 Å². The van der Waals surface area contributed by atoms with E-state index in [1.807, 2.05) is 20.2 Å². The summed E-state index contributed by atoms with van der Waals surface area (Å²) in [7, 11) is 1.90. The van der Waals surface area contributed by atoms with Gasteiger partial charge in [-0.2, -0.15) is 5.10 Å². The fraction of sp³-hybridized carbons (Fsp3) is 0.500. The van der Waals surface area contributed by atoms with Gasteiger partial charge in [0.1, 0.15) is 0 Å². The SMILES string of the molecule is Cc1cn(C)nc1CN. The molecule has 1 aromatic heterocycles. The lowest BCUT2D eigenvalue weighted by molar-refractivity contribution is 0.742. The molecule has 0 bridgehead atoms. The van der Waals surface area contributed by atoms with Gasteiger partial charge in [-0.05, 0) is 12.5 Å². The molecule has 0 unspecified atom stereocenters. The van der Waals surface area contributed by atoms with Crippen LogP contribution in [0.3, 0.4) is 0 Å². The van der Waals surface area contributed by atoms with Crippen LogP contribution in [0, 0.1) is 6.92 Å². The summed E-state index contributed by atoms with van der Waals surface area (Å²) >= 11 is 0. The first kappa shape index (κ1) is 6.29. The minimum absolute atomic E-state index is 0.534. The molecule has 0 atom stereocenters. The van der Waals surface area contributed by atoms with Crippen molar-refractivity contribution in [1.29, 1.82) is 0 Å². The fourth-order valence-electron chi connectivity index (χ4n) is 0.855. The number of rotatable bonds is 1. The van der Waals surface area contributed by atoms with E-state index >= 15 is 0 Å². The van der Waals surface area contributed by atoms with Crippen molar-refractivity contribution in [3.63, 3.8) is 0 Å². The van der Waals surface area contributed by atoms with Gasteiger partial charge in [0.2, 0.25) is 0 Å². The van der Waals surface area contributed by atoms with Crippen molar-refractivity contribution in [3.05, 3.63) is 17.5 Å². The second-order valence-electron chi connectivity index (χ2n) is 2.14. The smallest absolute Gasteiger partial charge is 0.0789 e. The molecule has 0 saturated carbocycles. The maximum Gasteiger partial charge on any atom is 0.0789 e. The number of aromatic nitrogens is 2. The van der Waals surface area contributed by atoms with Crippen LogP contribution < -0.4 is 5.73 Å². The zero-order valence-corrected chi connectivity index (χ0v) is 5.76. The highest BCUT2D eigenvalue weighted by molar-refractivity contribution is 5.13. The Balaban J connectivity index is 3.01. The molecular weight excluding hydrogens is 114 g/mol. The van der Waals surface area contributed by atoms with Crippen LogP contribution in [0.4, 0.5) is 0 Å². The molecule has 9 heavy (non-hydrogen) atoms. The van der Waals surface area contributed by atoms with Crippen LogP contribution in [0.5, 0.6) is 0 Å². The van der Waals surface area contributed by atoms with Gasteiger partial charge in [0.25, 0.3) is 0 Å². The van der Waals surface area contributed by atoms with Crippen molar-refractivity contribution in [2.24, 2.45) is 12.8 Å². The van der Waals surface area contributed by atoms with Gasteiger partial charge >= 0.3 is 0 Å². The molecule has 0 saturated heterocycles.